The van der Waals surface area contributed by atoms with Crippen LogP contribution in [0.4, 0.5) is 5.69 Å². The van der Waals surface area contributed by atoms with E-state index >= 15 is 0 Å². The van der Waals surface area contributed by atoms with Gasteiger partial charge in [0.1, 0.15) is 0 Å². The second kappa shape index (κ2) is 6.36. The summed E-state index contributed by atoms with van der Waals surface area (Å²) in [6.45, 7) is 1.85. The number of ether oxygens (including phenoxy) is 1. The fourth-order valence-corrected chi connectivity index (χ4v) is 1.96. The highest BCUT2D eigenvalue weighted by Gasteiger charge is 2.27. The number of aryl methyl sites for hydroxylation is 1. The largest absolute Gasteiger partial charge is 0.455 e. The molecule has 1 fully saturated rings. The molecule has 0 radical (unpaired) electrons. The molecule has 1 saturated carbocycles. The van der Waals surface area contributed by atoms with Gasteiger partial charge in [0.15, 0.2) is 6.61 Å². The third kappa shape index (κ3) is 3.81. The van der Waals surface area contributed by atoms with Crippen LogP contribution in [0.3, 0.4) is 0 Å². The van der Waals surface area contributed by atoms with Crippen LogP contribution >= 0.6 is 0 Å². The summed E-state index contributed by atoms with van der Waals surface area (Å²) in [4.78, 5) is 23.1. The first-order valence-corrected chi connectivity index (χ1v) is 6.74. The predicted octanol–water partition coefficient (Wildman–Crippen LogP) is 2.53. The minimum absolute atomic E-state index is 0.0104. The van der Waals surface area contributed by atoms with E-state index in [0.29, 0.717) is 0 Å². The summed E-state index contributed by atoms with van der Waals surface area (Å²) < 4.78 is 4.99. The molecule has 1 aliphatic rings. The van der Waals surface area contributed by atoms with Gasteiger partial charge in [0.05, 0.1) is 5.92 Å². The standard InChI is InChI=1S/C15H19NO3/c1-2-11-5-3-8-13(9-11)16-14(17)10-19-15(18)12-6-4-7-12/h3,5,8-9,12H,2,4,6-7,10H2,1H3,(H,16,17). The molecule has 102 valence electrons. The van der Waals surface area contributed by atoms with Crippen LogP contribution in [0.2, 0.25) is 0 Å². The molecule has 0 bridgehead atoms. The van der Waals surface area contributed by atoms with Crippen molar-refractivity contribution in [1.82, 2.24) is 0 Å². The van der Waals surface area contributed by atoms with Gasteiger partial charge in [-0.2, -0.15) is 0 Å². The molecule has 0 unspecified atom stereocenters. The van der Waals surface area contributed by atoms with Crippen molar-refractivity contribution < 1.29 is 14.3 Å². The fraction of sp³-hybridized carbons (Fsp3) is 0.467. The molecule has 4 nitrogen and oxygen atoms in total. The Kier molecular flexibility index (Phi) is 4.55. The number of carbonyl (C=O) groups is 2. The summed E-state index contributed by atoms with van der Waals surface area (Å²) in [6.07, 6.45) is 3.77. The van der Waals surface area contributed by atoms with Crippen LogP contribution in [0.25, 0.3) is 0 Å². The summed E-state index contributed by atoms with van der Waals surface area (Å²) in [6, 6.07) is 7.65. The molecule has 2 rings (SSSR count). The number of benzene rings is 1. The molecule has 0 heterocycles. The molecule has 1 aromatic rings. The Labute approximate surface area is 113 Å². The number of hydrogen-bond donors (Lipinski definition) is 1. The molecular formula is C15H19NO3. The average molecular weight is 261 g/mol. The number of rotatable bonds is 5. The smallest absolute Gasteiger partial charge is 0.309 e. The zero-order valence-electron chi connectivity index (χ0n) is 11.1. The van der Waals surface area contributed by atoms with Crippen LogP contribution in [-0.4, -0.2) is 18.5 Å². The molecule has 0 aromatic heterocycles. The molecule has 1 aliphatic carbocycles. The van der Waals surface area contributed by atoms with Gasteiger partial charge in [-0.1, -0.05) is 25.5 Å². The van der Waals surface area contributed by atoms with Gasteiger partial charge in [-0.25, -0.2) is 0 Å². The maximum atomic E-state index is 11.7. The molecule has 1 N–H and O–H groups in total. The van der Waals surface area contributed by atoms with Gasteiger partial charge in [0, 0.05) is 5.69 Å². The van der Waals surface area contributed by atoms with Crippen molar-refractivity contribution in [3.8, 4) is 0 Å². The summed E-state index contributed by atoms with van der Waals surface area (Å²) >= 11 is 0. The number of nitrogens with one attached hydrogen (secondary N) is 1. The summed E-state index contributed by atoms with van der Waals surface area (Å²) in [5.74, 6) is -0.527. The van der Waals surface area contributed by atoms with Crippen molar-refractivity contribution in [2.45, 2.75) is 32.6 Å². The summed E-state index contributed by atoms with van der Waals surface area (Å²) in [5.41, 5.74) is 1.90. The molecule has 0 aliphatic heterocycles. The highest BCUT2D eigenvalue weighted by atomic mass is 16.5. The van der Waals surface area contributed by atoms with E-state index in [1.807, 2.05) is 24.3 Å². The van der Waals surface area contributed by atoms with E-state index in [1.165, 1.54) is 0 Å². The molecule has 19 heavy (non-hydrogen) atoms. The van der Waals surface area contributed by atoms with Crippen molar-refractivity contribution in [1.29, 1.82) is 0 Å². The van der Waals surface area contributed by atoms with E-state index in [-0.39, 0.29) is 24.4 Å². The van der Waals surface area contributed by atoms with E-state index in [9.17, 15) is 9.59 Å². The van der Waals surface area contributed by atoms with Gasteiger partial charge in [-0.05, 0) is 37.0 Å². The van der Waals surface area contributed by atoms with Crippen molar-refractivity contribution in [3.63, 3.8) is 0 Å². The Morgan fingerprint density at radius 3 is 2.79 bits per heavy atom. The summed E-state index contributed by atoms with van der Waals surface area (Å²) in [5, 5.41) is 2.73. The van der Waals surface area contributed by atoms with Gasteiger partial charge in [-0.3, -0.25) is 9.59 Å². The van der Waals surface area contributed by atoms with Crippen LogP contribution in [0.5, 0.6) is 0 Å². The highest BCUT2D eigenvalue weighted by Crippen LogP contribution is 2.27. The summed E-state index contributed by atoms with van der Waals surface area (Å²) in [7, 11) is 0. The lowest BCUT2D eigenvalue weighted by Gasteiger charge is -2.22. The van der Waals surface area contributed by atoms with Crippen LogP contribution in [0, 0.1) is 5.92 Å². The van der Waals surface area contributed by atoms with Gasteiger partial charge < -0.3 is 10.1 Å². The van der Waals surface area contributed by atoms with Crippen molar-refractivity contribution in [2.24, 2.45) is 5.92 Å². The zero-order valence-corrected chi connectivity index (χ0v) is 11.1. The lowest BCUT2D eigenvalue weighted by molar-refractivity contribution is -0.154. The number of esters is 1. The molecule has 0 saturated heterocycles. The molecule has 1 amide bonds. The Morgan fingerprint density at radius 1 is 1.37 bits per heavy atom. The maximum Gasteiger partial charge on any atom is 0.309 e. The normalized spacial score (nSPS) is 14.6. The van der Waals surface area contributed by atoms with E-state index in [4.69, 9.17) is 4.74 Å². The Hall–Kier alpha value is -1.84. The van der Waals surface area contributed by atoms with Crippen LogP contribution in [0.15, 0.2) is 24.3 Å². The first kappa shape index (κ1) is 13.6. The third-order valence-corrected chi connectivity index (χ3v) is 3.40. The quantitative estimate of drug-likeness (QED) is 0.829. The fourth-order valence-electron chi connectivity index (χ4n) is 1.96. The Balaban J connectivity index is 1.78. The molecule has 0 atom stereocenters. The number of anilines is 1. The Morgan fingerprint density at radius 2 is 2.16 bits per heavy atom. The van der Waals surface area contributed by atoms with Gasteiger partial charge in [0.2, 0.25) is 0 Å². The SMILES string of the molecule is CCc1cccc(NC(=O)COC(=O)C2CCC2)c1. The van der Waals surface area contributed by atoms with Gasteiger partial charge in [-0.15, -0.1) is 0 Å². The van der Waals surface area contributed by atoms with Crippen molar-refractivity contribution in [2.75, 3.05) is 11.9 Å². The minimum Gasteiger partial charge on any atom is -0.455 e. The lowest BCUT2D eigenvalue weighted by atomic mass is 9.86. The lowest BCUT2D eigenvalue weighted by Crippen LogP contribution is -2.28. The maximum absolute atomic E-state index is 11.7. The first-order chi connectivity index (χ1) is 9.19. The Bertz CT molecular complexity index is 466. The monoisotopic (exact) mass is 261 g/mol. The number of hydrogen-bond acceptors (Lipinski definition) is 3. The third-order valence-electron chi connectivity index (χ3n) is 3.40. The van der Waals surface area contributed by atoms with Gasteiger partial charge in [0.25, 0.3) is 5.91 Å². The average Bonchev–Trinajstić information content (AvgIpc) is 2.34. The molecule has 1 aromatic carbocycles. The molecular weight excluding hydrogens is 242 g/mol. The second-order valence-electron chi connectivity index (χ2n) is 4.84. The first-order valence-electron chi connectivity index (χ1n) is 6.74. The molecule has 0 spiro atoms. The van der Waals surface area contributed by atoms with E-state index in [1.54, 1.807) is 0 Å². The minimum atomic E-state index is -0.291. The van der Waals surface area contributed by atoms with E-state index in [0.717, 1.165) is 36.9 Å². The highest BCUT2D eigenvalue weighted by molar-refractivity contribution is 5.93. The van der Waals surface area contributed by atoms with Crippen molar-refractivity contribution in [3.05, 3.63) is 29.8 Å². The van der Waals surface area contributed by atoms with E-state index in [2.05, 4.69) is 12.2 Å². The topological polar surface area (TPSA) is 55.4 Å². The van der Waals surface area contributed by atoms with Crippen LogP contribution in [0.1, 0.15) is 31.7 Å². The molecule has 4 heteroatoms. The van der Waals surface area contributed by atoms with Crippen molar-refractivity contribution >= 4 is 17.6 Å². The van der Waals surface area contributed by atoms with E-state index < -0.39 is 0 Å². The number of carbonyl (C=O) groups excluding carboxylic acids is 2. The van der Waals surface area contributed by atoms with Crippen LogP contribution < -0.4 is 5.32 Å². The predicted molar refractivity (Wildman–Crippen MR) is 72.7 cm³/mol. The second-order valence-corrected chi connectivity index (χ2v) is 4.84. The zero-order chi connectivity index (χ0) is 13.7. The van der Waals surface area contributed by atoms with Gasteiger partial charge >= 0.3 is 5.97 Å². The van der Waals surface area contributed by atoms with Crippen LogP contribution in [-0.2, 0) is 20.7 Å². The number of amides is 1.